The molecule has 0 aliphatic heterocycles. The molecule has 0 fully saturated rings. The molecule has 0 spiro atoms. The summed E-state index contributed by atoms with van der Waals surface area (Å²) in [6.45, 7) is 2.20. The van der Waals surface area contributed by atoms with Gasteiger partial charge in [-0.05, 0) is 36.3 Å². The van der Waals surface area contributed by atoms with E-state index >= 15 is 0 Å². The third-order valence-electron chi connectivity index (χ3n) is 4.30. The van der Waals surface area contributed by atoms with Gasteiger partial charge < -0.3 is 5.32 Å². The van der Waals surface area contributed by atoms with Gasteiger partial charge in [-0.1, -0.05) is 36.4 Å². The van der Waals surface area contributed by atoms with Gasteiger partial charge in [0.2, 0.25) is 0 Å². The Hall–Kier alpha value is -2.17. The second kappa shape index (κ2) is 5.68. The molecular weight excluding hydrogens is 264 g/mol. The lowest BCUT2D eigenvalue weighted by atomic mass is 9.92. The number of aryl methyl sites for hydroxylation is 2. The predicted molar refractivity (Wildman–Crippen MR) is 79.8 cm³/mol. The smallest absolute Gasteiger partial charge is 0.271 e. The molecule has 110 valence electrons. The zero-order valence-electron chi connectivity index (χ0n) is 12.4. The molecular formula is C16H20N4O. The first-order chi connectivity index (χ1) is 10.2. The lowest BCUT2D eigenvalue weighted by molar-refractivity contribution is 0.0913. The second-order valence-electron chi connectivity index (χ2n) is 5.76. The van der Waals surface area contributed by atoms with E-state index in [2.05, 4.69) is 40.8 Å². The van der Waals surface area contributed by atoms with Gasteiger partial charge in [0.15, 0.2) is 0 Å². The highest BCUT2D eigenvalue weighted by Crippen LogP contribution is 2.33. The first-order valence-corrected chi connectivity index (χ1v) is 7.40. The van der Waals surface area contributed by atoms with Crippen LogP contribution in [-0.2, 0) is 13.5 Å². The van der Waals surface area contributed by atoms with Gasteiger partial charge in [0.25, 0.3) is 5.91 Å². The summed E-state index contributed by atoms with van der Waals surface area (Å²) in [5, 5.41) is 10.8. The average molecular weight is 284 g/mol. The van der Waals surface area contributed by atoms with Gasteiger partial charge in [-0.3, -0.25) is 4.79 Å². The quantitative estimate of drug-likeness (QED) is 0.861. The maximum absolute atomic E-state index is 12.5. The molecule has 2 aromatic rings. The summed E-state index contributed by atoms with van der Waals surface area (Å²) in [5.74, 6) is 0.301. The standard InChI is InChI=1S/C16H20N4O/c1-11-6-5-8-12-7-3-4-9-13(12)15(11)18-16(21)14-10-17-19-20(14)2/h3-4,7,9-11,15H,5-6,8H2,1-2H3,(H,18,21)/t11-,15-/m0/s1. The highest BCUT2D eigenvalue weighted by molar-refractivity contribution is 5.92. The van der Waals surface area contributed by atoms with Crippen molar-refractivity contribution in [1.82, 2.24) is 20.3 Å². The number of amides is 1. The van der Waals surface area contributed by atoms with Crippen LogP contribution in [0.1, 0.15) is 47.4 Å². The molecule has 3 rings (SSSR count). The molecule has 0 saturated carbocycles. The lowest BCUT2D eigenvalue weighted by Gasteiger charge is -2.24. The van der Waals surface area contributed by atoms with E-state index in [1.807, 2.05) is 6.07 Å². The monoisotopic (exact) mass is 284 g/mol. The fourth-order valence-electron chi connectivity index (χ4n) is 3.08. The highest BCUT2D eigenvalue weighted by atomic mass is 16.2. The maximum Gasteiger partial charge on any atom is 0.271 e. The zero-order chi connectivity index (χ0) is 14.8. The number of aromatic nitrogens is 3. The summed E-state index contributed by atoms with van der Waals surface area (Å²) < 4.78 is 1.50. The van der Waals surface area contributed by atoms with Crippen molar-refractivity contribution in [2.45, 2.75) is 32.2 Å². The van der Waals surface area contributed by atoms with Gasteiger partial charge in [0.1, 0.15) is 5.69 Å². The fraction of sp³-hybridized carbons (Fsp3) is 0.438. The van der Waals surface area contributed by atoms with Crippen LogP contribution in [0.25, 0.3) is 0 Å². The minimum Gasteiger partial charge on any atom is -0.344 e. The van der Waals surface area contributed by atoms with E-state index in [4.69, 9.17) is 0 Å². The van der Waals surface area contributed by atoms with Crippen molar-refractivity contribution in [2.24, 2.45) is 13.0 Å². The Labute approximate surface area is 124 Å². The van der Waals surface area contributed by atoms with Crippen molar-refractivity contribution in [3.8, 4) is 0 Å². The molecule has 0 saturated heterocycles. The summed E-state index contributed by atoms with van der Waals surface area (Å²) >= 11 is 0. The second-order valence-corrected chi connectivity index (χ2v) is 5.76. The molecule has 1 N–H and O–H groups in total. The Balaban J connectivity index is 1.89. The number of benzene rings is 1. The summed E-state index contributed by atoms with van der Waals surface area (Å²) in [7, 11) is 1.73. The fourth-order valence-corrected chi connectivity index (χ4v) is 3.08. The Morgan fingerprint density at radius 2 is 2.19 bits per heavy atom. The third-order valence-corrected chi connectivity index (χ3v) is 4.30. The molecule has 5 heteroatoms. The van der Waals surface area contributed by atoms with Crippen molar-refractivity contribution in [2.75, 3.05) is 0 Å². The van der Waals surface area contributed by atoms with Crippen molar-refractivity contribution < 1.29 is 4.79 Å². The topological polar surface area (TPSA) is 59.8 Å². The van der Waals surface area contributed by atoms with Crippen molar-refractivity contribution in [3.05, 3.63) is 47.3 Å². The molecule has 1 amide bonds. The number of hydrogen-bond donors (Lipinski definition) is 1. The van der Waals surface area contributed by atoms with Crippen LogP contribution in [0.5, 0.6) is 0 Å². The molecule has 0 unspecified atom stereocenters. The molecule has 1 aromatic carbocycles. The molecule has 0 radical (unpaired) electrons. The first kappa shape index (κ1) is 13.8. The Morgan fingerprint density at radius 1 is 1.38 bits per heavy atom. The number of nitrogens with one attached hydrogen (secondary N) is 1. The minimum absolute atomic E-state index is 0.0473. The van der Waals surface area contributed by atoms with Crippen LogP contribution in [0.4, 0.5) is 0 Å². The van der Waals surface area contributed by atoms with Crippen LogP contribution in [-0.4, -0.2) is 20.9 Å². The van der Waals surface area contributed by atoms with Gasteiger partial charge in [-0.2, -0.15) is 0 Å². The summed E-state index contributed by atoms with van der Waals surface area (Å²) in [5.41, 5.74) is 3.07. The van der Waals surface area contributed by atoms with Gasteiger partial charge in [0, 0.05) is 7.05 Å². The maximum atomic E-state index is 12.5. The van der Waals surface area contributed by atoms with Crippen LogP contribution in [0.3, 0.4) is 0 Å². The molecule has 1 aliphatic carbocycles. The van der Waals surface area contributed by atoms with Gasteiger partial charge in [-0.25, -0.2) is 4.68 Å². The molecule has 0 bridgehead atoms. The Bertz CT molecular complexity index is 649. The van der Waals surface area contributed by atoms with Crippen molar-refractivity contribution in [1.29, 1.82) is 0 Å². The molecule has 1 heterocycles. The normalized spacial score (nSPS) is 21.4. The van der Waals surface area contributed by atoms with E-state index in [1.54, 1.807) is 7.05 Å². The predicted octanol–water partition coefficient (Wildman–Crippen LogP) is 2.26. The van der Waals surface area contributed by atoms with Crippen molar-refractivity contribution in [3.63, 3.8) is 0 Å². The number of carbonyl (C=O) groups excluding carboxylic acids is 1. The third kappa shape index (κ3) is 2.68. The van der Waals surface area contributed by atoms with E-state index < -0.39 is 0 Å². The number of rotatable bonds is 2. The summed E-state index contributed by atoms with van der Waals surface area (Å²) in [4.78, 5) is 12.5. The van der Waals surface area contributed by atoms with Crippen LogP contribution < -0.4 is 5.32 Å². The van der Waals surface area contributed by atoms with Gasteiger partial charge in [0.05, 0.1) is 12.2 Å². The summed E-state index contributed by atoms with van der Waals surface area (Å²) in [6.07, 6.45) is 4.86. The largest absolute Gasteiger partial charge is 0.344 e. The van der Waals surface area contributed by atoms with E-state index in [-0.39, 0.29) is 11.9 Å². The molecule has 1 aromatic heterocycles. The van der Waals surface area contributed by atoms with E-state index in [9.17, 15) is 4.79 Å². The highest BCUT2D eigenvalue weighted by Gasteiger charge is 2.27. The minimum atomic E-state index is -0.115. The number of carbonyl (C=O) groups is 1. The van der Waals surface area contributed by atoms with E-state index in [1.165, 1.54) is 22.0 Å². The first-order valence-electron chi connectivity index (χ1n) is 7.40. The van der Waals surface area contributed by atoms with E-state index in [0.717, 1.165) is 19.3 Å². The number of fused-ring (bicyclic) bond motifs is 1. The SMILES string of the molecule is C[C@H]1CCCc2ccccc2[C@H]1NC(=O)c1cnnn1C. The van der Waals surface area contributed by atoms with Crippen LogP contribution in [0.15, 0.2) is 30.5 Å². The Morgan fingerprint density at radius 3 is 2.95 bits per heavy atom. The van der Waals surface area contributed by atoms with Crippen LogP contribution in [0, 0.1) is 5.92 Å². The van der Waals surface area contributed by atoms with Gasteiger partial charge >= 0.3 is 0 Å². The Kier molecular flexibility index (Phi) is 3.73. The molecule has 2 atom stereocenters. The number of nitrogens with zero attached hydrogens (tertiary/aromatic N) is 3. The molecule has 1 aliphatic rings. The molecule has 5 nitrogen and oxygen atoms in total. The van der Waals surface area contributed by atoms with E-state index in [0.29, 0.717) is 11.6 Å². The van der Waals surface area contributed by atoms with Gasteiger partial charge in [-0.15, -0.1) is 5.10 Å². The number of hydrogen-bond acceptors (Lipinski definition) is 3. The average Bonchev–Trinajstić information content (AvgIpc) is 2.84. The lowest BCUT2D eigenvalue weighted by Crippen LogP contribution is -2.33. The van der Waals surface area contributed by atoms with Crippen LogP contribution in [0.2, 0.25) is 0 Å². The zero-order valence-corrected chi connectivity index (χ0v) is 12.4. The molecule has 21 heavy (non-hydrogen) atoms. The van der Waals surface area contributed by atoms with Crippen LogP contribution >= 0.6 is 0 Å². The van der Waals surface area contributed by atoms with Crippen molar-refractivity contribution >= 4 is 5.91 Å². The summed E-state index contributed by atoms with van der Waals surface area (Å²) in [6, 6.07) is 8.45.